The summed E-state index contributed by atoms with van der Waals surface area (Å²) in [4.78, 5) is 15.0. The number of alkyl halides is 1. The van der Waals surface area contributed by atoms with Crippen LogP contribution in [0.5, 0.6) is 0 Å². The molecule has 0 unspecified atom stereocenters. The van der Waals surface area contributed by atoms with Crippen molar-refractivity contribution in [2.24, 2.45) is 0 Å². The number of halogens is 1. The highest BCUT2D eigenvalue weighted by molar-refractivity contribution is 9.09. The summed E-state index contributed by atoms with van der Waals surface area (Å²) in [5, 5.41) is 12.7. The van der Waals surface area contributed by atoms with Gasteiger partial charge in [0.2, 0.25) is 11.1 Å². The molecule has 1 heterocycles. The van der Waals surface area contributed by atoms with Crippen molar-refractivity contribution in [3.63, 3.8) is 0 Å². The Bertz CT molecular complexity index is 703. The molecule has 3 rings (SSSR count). The van der Waals surface area contributed by atoms with Gasteiger partial charge in [0, 0.05) is 30.1 Å². The first-order chi connectivity index (χ1) is 12.6. The Labute approximate surface area is 166 Å². The van der Waals surface area contributed by atoms with Crippen molar-refractivity contribution in [3.05, 3.63) is 30.3 Å². The van der Waals surface area contributed by atoms with Crippen molar-refractivity contribution >= 4 is 33.6 Å². The molecule has 1 aromatic heterocycles. The number of tetrazole rings is 1. The van der Waals surface area contributed by atoms with Crippen molar-refractivity contribution in [3.8, 4) is 5.69 Å². The molecule has 0 radical (unpaired) electrons. The zero-order chi connectivity index (χ0) is 18.4. The lowest BCUT2D eigenvalue weighted by Crippen LogP contribution is -2.39. The predicted octanol–water partition coefficient (Wildman–Crippen LogP) is 3.70. The maximum atomic E-state index is 12.4. The SMILES string of the molecule is CN(C(=O)CCCSc1nnnn1-c1ccccc1)C1CCC(Br)CC1. The van der Waals surface area contributed by atoms with E-state index in [0.29, 0.717) is 17.3 Å². The van der Waals surface area contributed by atoms with Gasteiger partial charge < -0.3 is 4.90 Å². The number of aromatic nitrogens is 4. The fraction of sp³-hybridized carbons (Fsp3) is 0.556. The highest BCUT2D eigenvalue weighted by Gasteiger charge is 2.25. The number of thioether (sulfide) groups is 1. The van der Waals surface area contributed by atoms with Gasteiger partial charge in [-0.3, -0.25) is 4.79 Å². The second kappa shape index (κ2) is 9.50. The number of rotatable bonds is 7. The van der Waals surface area contributed by atoms with Crippen LogP contribution in [0.1, 0.15) is 38.5 Å². The topological polar surface area (TPSA) is 63.9 Å². The largest absolute Gasteiger partial charge is 0.343 e. The second-order valence-electron chi connectivity index (χ2n) is 6.57. The van der Waals surface area contributed by atoms with E-state index in [4.69, 9.17) is 0 Å². The van der Waals surface area contributed by atoms with Crippen LogP contribution in [0.25, 0.3) is 5.69 Å². The van der Waals surface area contributed by atoms with Crippen molar-refractivity contribution in [2.45, 2.75) is 54.6 Å². The van der Waals surface area contributed by atoms with E-state index in [9.17, 15) is 4.79 Å². The van der Waals surface area contributed by atoms with E-state index in [-0.39, 0.29) is 5.91 Å². The van der Waals surface area contributed by atoms with Crippen LogP contribution in [0.4, 0.5) is 0 Å². The summed E-state index contributed by atoms with van der Waals surface area (Å²) in [6.45, 7) is 0. The Morgan fingerprint density at radius 3 is 2.73 bits per heavy atom. The minimum Gasteiger partial charge on any atom is -0.343 e. The Balaban J connectivity index is 1.43. The molecule has 6 nitrogen and oxygen atoms in total. The normalized spacial score (nSPS) is 20.1. The molecule has 26 heavy (non-hydrogen) atoms. The number of hydrogen-bond donors (Lipinski definition) is 0. The van der Waals surface area contributed by atoms with E-state index in [1.807, 2.05) is 42.3 Å². The molecule has 0 bridgehead atoms. The molecule has 1 fully saturated rings. The Kier molecular flexibility index (Phi) is 7.07. The summed E-state index contributed by atoms with van der Waals surface area (Å²) in [6, 6.07) is 10.2. The molecule has 0 atom stereocenters. The predicted molar refractivity (Wildman–Crippen MR) is 107 cm³/mol. The number of carbonyl (C=O) groups is 1. The Morgan fingerprint density at radius 1 is 1.27 bits per heavy atom. The molecule has 0 N–H and O–H groups in total. The molecule has 0 spiro atoms. The maximum absolute atomic E-state index is 12.4. The van der Waals surface area contributed by atoms with Crippen LogP contribution < -0.4 is 0 Å². The standard InChI is InChI=1S/C18H24BrN5OS/c1-23(15-11-9-14(19)10-12-15)17(25)8-5-13-26-18-20-21-22-24(18)16-6-3-2-4-7-16/h2-4,6-7,14-15H,5,8-13H2,1H3. The summed E-state index contributed by atoms with van der Waals surface area (Å²) < 4.78 is 1.73. The third kappa shape index (κ3) is 5.07. The van der Waals surface area contributed by atoms with Gasteiger partial charge in [-0.15, -0.1) is 5.10 Å². The van der Waals surface area contributed by atoms with E-state index in [2.05, 4.69) is 31.5 Å². The molecule has 1 amide bonds. The smallest absolute Gasteiger partial charge is 0.222 e. The van der Waals surface area contributed by atoms with Gasteiger partial charge in [0.15, 0.2) is 0 Å². The van der Waals surface area contributed by atoms with Gasteiger partial charge in [0.05, 0.1) is 5.69 Å². The van der Waals surface area contributed by atoms with Crippen molar-refractivity contribution in [2.75, 3.05) is 12.8 Å². The van der Waals surface area contributed by atoms with Gasteiger partial charge in [-0.05, 0) is 54.7 Å². The number of benzene rings is 1. The van der Waals surface area contributed by atoms with Crippen LogP contribution in [0.2, 0.25) is 0 Å². The van der Waals surface area contributed by atoms with Gasteiger partial charge >= 0.3 is 0 Å². The molecule has 8 heteroatoms. The zero-order valence-corrected chi connectivity index (χ0v) is 17.3. The molecule has 0 aliphatic heterocycles. The third-order valence-electron chi connectivity index (χ3n) is 4.78. The minimum atomic E-state index is 0.242. The Morgan fingerprint density at radius 2 is 2.00 bits per heavy atom. The van der Waals surface area contributed by atoms with Gasteiger partial charge in [-0.2, -0.15) is 4.68 Å². The van der Waals surface area contributed by atoms with Crippen LogP contribution in [-0.4, -0.2) is 54.7 Å². The quantitative estimate of drug-likeness (QED) is 0.375. The Hall–Kier alpha value is -1.41. The van der Waals surface area contributed by atoms with Gasteiger partial charge in [0.25, 0.3) is 0 Å². The van der Waals surface area contributed by atoms with Crippen LogP contribution in [0, 0.1) is 0 Å². The monoisotopic (exact) mass is 437 g/mol. The van der Waals surface area contributed by atoms with E-state index in [1.54, 1.807) is 16.4 Å². The molecule has 1 aromatic carbocycles. The molecular weight excluding hydrogens is 414 g/mol. The first-order valence-corrected chi connectivity index (χ1v) is 10.9. The number of para-hydroxylation sites is 1. The van der Waals surface area contributed by atoms with E-state index in [0.717, 1.165) is 48.7 Å². The highest BCUT2D eigenvalue weighted by Crippen LogP contribution is 2.27. The van der Waals surface area contributed by atoms with Crippen LogP contribution in [-0.2, 0) is 4.79 Å². The summed E-state index contributed by atoms with van der Waals surface area (Å²) in [7, 11) is 1.95. The van der Waals surface area contributed by atoms with Gasteiger partial charge in [-0.25, -0.2) is 0 Å². The fourth-order valence-corrected chi connectivity index (χ4v) is 4.55. The first kappa shape index (κ1) is 19.4. The van der Waals surface area contributed by atoms with Crippen LogP contribution >= 0.6 is 27.7 Å². The van der Waals surface area contributed by atoms with Crippen LogP contribution in [0.15, 0.2) is 35.5 Å². The number of amides is 1. The van der Waals surface area contributed by atoms with Crippen molar-refractivity contribution < 1.29 is 4.79 Å². The number of nitrogens with zero attached hydrogens (tertiary/aromatic N) is 5. The molecule has 140 valence electrons. The summed E-state index contributed by atoms with van der Waals surface area (Å²) in [5.74, 6) is 1.06. The van der Waals surface area contributed by atoms with E-state index in [1.165, 1.54) is 0 Å². The second-order valence-corrected chi connectivity index (χ2v) is 8.93. The molecular formula is C18H24BrN5OS. The lowest BCUT2D eigenvalue weighted by molar-refractivity contribution is -0.132. The highest BCUT2D eigenvalue weighted by atomic mass is 79.9. The summed E-state index contributed by atoms with van der Waals surface area (Å²) in [5.41, 5.74) is 0.943. The van der Waals surface area contributed by atoms with E-state index >= 15 is 0 Å². The first-order valence-electron chi connectivity index (χ1n) is 9.01. The molecule has 0 saturated heterocycles. The maximum Gasteiger partial charge on any atom is 0.222 e. The van der Waals surface area contributed by atoms with Gasteiger partial charge in [-0.1, -0.05) is 45.9 Å². The lowest BCUT2D eigenvalue weighted by atomic mass is 9.94. The van der Waals surface area contributed by atoms with Crippen LogP contribution in [0.3, 0.4) is 0 Å². The summed E-state index contributed by atoms with van der Waals surface area (Å²) >= 11 is 5.26. The van der Waals surface area contributed by atoms with E-state index < -0.39 is 0 Å². The minimum absolute atomic E-state index is 0.242. The number of carbonyl (C=O) groups excluding carboxylic acids is 1. The number of hydrogen-bond acceptors (Lipinski definition) is 5. The third-order valence-corrected chi connectivity index (χ3v) is 6.70. The lowest BCUT2D eigenvalue weighted by Gasteiger charge is -2.33. The molecule has 2 aromatic rings. The zero-order valence-electron chi connectivity index (χ0n) is 14.9. The fourth-order valence-electron chi connectivity index (χ4n) is 3.19. The molecule has 1 aliphatic rings. The molecule has 1 saturated carbocycles. The average Bonchev–Trinajstić information content (AvgIpc) is 3.14. The average molecular weight is 438 g/mol. The van der Waals surface area contributed by atoms with Crippen molar-refractivity contribution in [1.29, 1.82) is 0 Å². The summed E-state index contributed by atoms with van der Waals surface area (Å²) in [6.07, 6.45) is 5.89. The molecule has 1 aliphatic carbocycles. The van der Waals surface area contributed by atoms with Gasteiger partial charge in [0.1, 0.15) is 0 Å². The van der Waals surface area contributed by atoms with Crippen molar-refractivity contribution in [1.82, 2.24) is 25.1 Å².